The number of aromatic amines is 1. The highest BCUT2D eigenvalue weighted by atomic mass is 35.5. The van der Waals surface area contributed by atoms with Crippen LogP contribution in [0.4, 0.5) is 0 Å². The van der Waals surface area contributed by atoms with Gasteiger partial charge in [-0.15, -0.1) is 0 Å². The Hall–Kier alpha value is -2.10. The van der Waals surface area contributed by atoms with Crippen LogP contribution in [0.1, 0.15) is 22.8 Å². The number of nitrogens with one attached hydrogen (secondary N) is 1. The summed E-state index contributed by atoms with van der Waals surface area (Å²) in [6, 6.07) is 6.97. The van der Waals surface area contributed by atoms with Crippen LogP contribution in [0.3, 0.4) is 0 Å². The number of aromatic nitrogens is 1. The minimum absolute atomic E-state index is 0.155. The number of rotatable bonds is 4. The summed E-state index contributed by atoms with van der Waals surface area (Å²) < 4.78 is 0. The van der Waals surface area contributed by atoms with Crippen LogP contribution in [0.2, 0.25) is 5.02 Å². The van der Waals surface area contributed by atoms with E-state index >= 15 is 0 Å². The number of carboxylic acid groups (broad SMARTS) is 1. The van der Waals surface area contributed by atoms with Crippen LogP contribution in [0.25, 0.3) is 0 Å². The third-order valence-electron chi connectivity index (χ3n) is 4.69. The number of imide groups is 1. The van der Waals surface area contributed by atoms with E-state index in [4.69, 9.17) is 16.7 Å². The van der Waals surface area contributed by atoms with Gasteiger partial charge in [-0.3, -0.25) is 24.1 Å². The number of nitrogens with zero attached hydrogens (tertiary/aromatic N) is 1. The van der Waals surface area contributed by atoms with Crippen molar-refractivity contribution in [3.8, 4) is 0 Å². The van der Waals surface area contributed by atoms with E-state index in [-0.39, 0.29) is 17.8 Å². The molecule has 140 valence electrons. The first kappa shape index (κ1) is 18.3. The second-order valence-corrected chi connectivity index (χ2v) is 8.88. The van der Waals surface area contributed by atoms with Gasteiger partial charge >= 0.3 is 10.8 Å². The average Bonchev–Trinajstić information content (AvgIpc) is 3.10. The van der Waals surface area contributed by atoms with Crippen LogP contribution in [-0.2, 0) is 14.4 Å². The molecule has 0 radical (unpaired) electrons. The lowest BCUT2D eigenvalue weighted by atomic mass is 9.83. The lowest BCUT2D eigenvalue weighted by Gasteiger charge is -2.29. The summed E-state index contributed by atoms with van der Waals surface area (Å²) in [4.78, 5) is 52.8. The zero-order valence-corrected chi connectivity index (χ0v) is 16.1. The van der Waals surface area contributed by atoms with Gasteiger partial charge in [0.2, 0.25) is 11.8 Å². The number of aliphatic carboxylic acids is 1. The van der Waals surface area contributed by atoms with Gasteiger partial charge in [0.25, 0.3) is 0 Å². The maximum Gasteiger partial charge on any atom is 0.305 e. The third-order valence-corrected chi connectivity index (χ3v) is 7.35. The minimum atomic E-state index is -1.07. The van der Waals surface area contributed by atoms with E-state index < -0.39 is 34.9 Å². The quantitative estimate of drug-likeness (QED) is 0.728. The number of thiazole rings is 1. The molecule has 2 aliphatic rings. The molecule has 1 fully saturated rings. The number of carbonyl (C=O) groups excluding carboxylic acids is 2. The molecule has 0 bridgehead atoms. The van der Waals surface area contributed by atoms with Crippen molar-refractivity contribution < 1.29 is 19.5 Å². The van der Waals surface area contributed by atoms with E-state index in [9.17, 15) is 19.2 Å². The molecule has 0 aliphatic carbocycles. The van der Waals surface area contributed by atoms with Crippen molar-refractivity contribution in [2.45, 2.75) is 22.6 Å². The fraction of sp³-hybridized carbons (Fsp3) is 0.294. The topological polar surface area (TPSA) is 108 Å². The van der Waals surface area contributed by atoms with Gasteiger partial charge in [0.15, 0.2) is 0 Å². The molecule has 27 heavy (non-hydrogen) atoms. The summed E-state index contributed by atoms with van der Waals surface area (Å²) in [7, 11) is 0. The number of thioether (sulfide) groups is 1. The highest BCUT2D eigenvalue weighted by molar-refractivity contribution is 8.00. The van der Waals surface area contributed by atoms with Crippen LogP contribution < -0.4 is 4.87 Å². The van der Waals surface area contributed by atoms with Crippen LogP contribution in [-0.4, -0.2) is 44.6 Å². The maximum atomic E-state index is 13.0. The highest BCUT2D eigenvalue weighted by Gasteiger charge is 2.55. The molecule has 2 aromatic rings. The molecule has 3 heterocycles. The first-order valence-corrected chi connectivity index (χ1v) is 10.2. The van der Waals surface area contributed by atoms with Crippen molar-refractivity contribution in [3.05, 3.63) is 49.4 Å². The number of carbonyl (C=O) groups is 3. The van der Waals surface area contributed by atoms with Gasteiger partial charge in [0.1, 0.15) is 5.25 Å². The van der Waals surface area contributed by atoms with Crippen LogP contribution in [0.5, 0.6) is 0 Å². The number of amides is 2. The molecule has 0 spiro atoms. The number of likely N-dealkylation sites (tertiary alicyclic amines) is 1. The molecule has 7 nitrogen and oxygen atoms in total. The number of hydrogen-bond donors (Lipinski definition) is 2. The highest BCUT2D eigenvalue weighted by Crippen LogP contribution is 2.52. The summed E-state index contributed by atoms with van der Waals surface area (Å²) in [5, 5.41) is 9.34. The smallest absolute Gasteiger partial charge is 0.305 e. The minimum Gasteiger partial charge on any atom is -0.481 e. The number of hydrogen-bond acceptors (Lipinski definition) is 6. The number of H-pyrrole nitrogens is 1. The van der Waals surface area contributed by atoms with Crippen molar-refractivity contribution in [2.24, 2.45) is 5.92 Å². The van der Waals surface area contributed by atoms with E-state index in [1.54, 1.807) is 24.3 Å². The Kier molecular flexibility index (Phi) is 4.61. The van der Waals surface area contributed by atoms with Gasteiger partial charge in [-0.1, -0.05) is 46.8 Å². The molecular formula is C17H13ClN2O5S2. The van der Waals surface area contributed by atoms with Crippen molar-refractivity contribution in [2.75, 3.05) is 6.54 Å². The van der Waals surface area contributed by atoms with Crippen LogP contribution in [0, 0.1) is 5.92 Å². The van der Waals surface area contributed by atoms with Gasteiger partial charge in [-0.05, 0) is 17.7 Å². The van der Waals surface area contributed by atoms with Gasteiger partial charge in [-0.25, -0.2) is 0 Å². The van der Waals surface area contributed by atoms with Crippen molar-refractivity contribution >= 4 is 52.5 Å². The van der Waals surface area contributed by atoms with Gasteiger partial charge in [0.05, 0.1) is 17.4 Å². The van der Waals surface area contributed by atoms with Crippen molar-refractivity contribution in [1.82, 2.24) is 9.88 Å². The van der Waals surface area contributed by atoms with Gasteiger partial charge in [0, 0.05) is 22.4 Å². The van der Waals surface area contributed by atoms with Crippen LogP contribution >= 0.6 is 34.7 Å². The molecule has 2 N–H and O–H groups in total. The Morgan fingerprint density at radius 3 is 2.56 bits per heavy atom. The van der Waals surface area contributed by atoms with Crippen LogP contribution in [0.15, 0.2) is 34.1 Å². The SMILES string of the molecule is O=C(O)CCN1C(=O)[C@@H]2[C@H](c3ccc(Cl)cc3)c3sc(=O)[nH]c3S[C@@H]2C1=O. The lowest BCUT2D eigenvalue weighted by molar-refractivity contribution is -0.141. The Labute approximate surface area is 166 Å². The standard InChI is InChI=1S/C17H13ClN2O5S2/c18-8-3-1-7(2-4-8)10-11-13(26-14-12(10)27-17(25)19-14)16(24)20(15(11)23)6-5-9(21)22/h1-4,10-11,13H,5-6H2,(H,19,25)(H,21,22)/t10-,11+,13-/m0/s1. The third kappa shape index (κ3) is 3.09. The molecule has 0 saturated carbocycles. The zero-order chi connectivity index (χ0) is 19.3. The monoisotopic (exact) mass is 424 g/mol. The van der Waals surface area contributed by atoms with E-state index in [1.165, 1.54) is 11.8 Å². The molecule has 3 atom stereocenters. The average molecular weight is 425 g/mol. The summed E-state index contributed by atoms with van der Waals surface area (Å²) in [5.41, 5.74) is 0.785. The maximum absolute atomic E-state index is 13.0. The molecule has 1 saturated heterocycles. The Balaban J connectivity index is 1.79. The molecule has 4 rings (SSSR count). The normalized spacial score (nSPS) is 24.0. The first-order valence-electron chi connectivity index (χ1n) is 8.09. The second-order valence-electron chi connectivity index (χ2n) is 6.27. The predicted molar refractivity (Wildman–Crippen MR) is 100 cm³/mol. The Morgan fingerprint density at radius 2 is 1.89 bits per heavy atom. The second kappa shape index (κ2) is 6.81. The predicted octanol–water partition coefficient (Wildman–Crippen LogP) is 2.16. The zero-order valence-electron chi connectivity index (χ0n) is 13.7. The fourth-order valence-corrected chi connectivity index (χ4v) is 6.19. The Bertz CT molecular complexity index is 999. The molecule has 0 unspecified atom stereocenters. The summed E-state index contributed by atoms with van der Waals surface area (Å²) in [5.74, 6) is -3.02. The van der Waals surface area contributed by atoms with Gasteiger partial charge in [-0.2, -0.15) is 0 Å². The first-order chi connectivity index (χ1) is 12.9. The molecule has 1 aromatic heterocycles. The molecule has 2 amide bonds. The largest absolute Gasteiger partial charge is 0.481 e. The molecule has 10 heteroatoms. The molecule has 2 aliphatic heterocycles. The van der Waals surface area contributed by atoms with E-state index in [0.717, 1.165) is 26.7 Å². The fourth-order valence-electron chi connectivity index (χ4n) is 3.53. The van der Waals surface area contributed by atoms with Gasteiger partial charge < -0.3 is 10.1 Å². The van der Waals surface area contributed by atoms with E-state index in [0.29, 0.717) is 10.0 Å². The number of carboxylic acids is 1. The summed E-state index contributed by atoms with van der Waals surface area (Å²) in [6.45, 7) is -0.155. The molecular weight excluding hydrogens is 412 g/mol. The Morgan fingerprint density at radius 1 is 1.19 bits per heavy atom. The van der Waals surface area contributed by atoms with E-state index in [1.807, 2.05) is 0 Å². The molecule has 1 aromatic carbocycles. The number of halogens is 1. The lowest BCUT2D eigenvalue weighted by Crippen LogP contribution is -2.33. The summed E-state index contributed by atoms with van der Waals surface area (Å²) >= 11 is 8.17. The number of fused-ring (bicyclic) bond motifs is 2. The summed E-state index contributed by atoms with van der Waals surface area (Å²) in [6.07, 6.45) is -0.300. The van der Waals surface area contributed by atoms with E-state index in [2.05, 4.69) is 4.98 Å². The van der Waals surface area contributed by atoms with Crippen molar-refractivity contribution in [1.29, 1.82) is 0 Å². The van der Waals surface area contributed by atoms with Crippen molar-refractivity contribution in [3.63, 3.8) is 0 Å². The number of benzene rings is 1.